The SMILES string of the molecule is CCN1C(=O)[C@@H](N)[C@H](c2cccc(N)c2)c2cnn(-c3ccccc3)c21. The van der Waals surface area contributed by atoms with Crippen LogP contribution in [0, 0.1) is 0 Å². The van der Waals surface area contributed by atoms with Crippen molar-refractivity contribution in [2.24, 2.45) is 5.73 Å². The molecule has 4 N–H and O–H groups in total. The lowest BCUT2D eigenvalue weighted by molar-refractivity contribution is -0.120. The molecule has 1 aliphatic heterocycles. The molecule has 132 valence electrons. The van der Waals surface area contributed by atoms with Crippen LogP contribution in [-0.4, -0.2) is 28.3 Å². The number of aromatic nitrogens is 2. The van der Waals surface area contributed by atoms with Gasteiger partial charge in [0.2, 0.25) is 5.91 Å². The molecule has 4 rings (SSSR count). The van der Waals surface area contributed by atoms with Gasteiger partial charge in [-0.05, 0) is 36.8 Å². The van der Waals surface area contributed by atoms with Crippen molar-refractivity contribution in [1.29, 1.82) is 0 Å². The number of carbonyl (C=O) groups excluding carboxylic acids is 1. The highest BCUT2D eigenvalue weighted by molar-refractivity contribution is 6.01. The van der Waals surface area contributed by atoms with Gasteiger partial charge < -0.3 is 11.5 Å². The van der Waals surface area contributed by atoms with Gasteiger partial charge in [-0.1, -0.05) is 30.3 Å². The van der Waals surface area contributed by atoms with Crippen LogP contribution in [0.15, 0.2) is 60.8 Å². The van der Waals surface area contributed by atoms with E-state index in [-0.39, 0.29) is 11.8 Å². The summed E-state index contributed by atoms with van der Waals surface area (Å²) in [6.45, 7) is 2.47. The summed E-state index contributed by atoms with van der Waals surface area (Å²) in [5.74, 6) is 0.393. The van der Waals surface area contributed by atoms with Crippen molar-refractivity contribution >= 4 is 17.4 Å². The molecule has 2 aromatic carbocycles. The van der Waals surface area contributed by atoms with Crippen molar-refractivity contribution in [1.82, 2.24) is 9.78 Å². The highest BCUT2D eigenvalue weighted by Gasteiger charge is 2.41. The van der Waals surface area contributed by atoms with Gasteiger partial charge in [0.15, 0.2) is 0 Å². The fourth-order valence-corrected chi connectivity index (χ4v) is 3.67. The normalized spacial score (nSPS) is 19.5. The molecule has 2 atom stereocenters. The molecule has 26 heavy (non-hydrogen) atoms. The monoisotopic (exact) mass is 347 g/mol. The molecule has 3 aromatic rings. The van der Waals surface area contributed by atoms with E-state index >= 15 is 0 Å². The van der Waals surface area contributed by atoms with Crippen LogP contribution < -0.4 is 16.4 Å². The Kier molecular flexibility index (Phi) is 3.97. The van der Waals surface area contributed by atoms with E-state index in [1.54, 1.807) is 4.90 Å². The molecule has 0 aliphatic carbocycles. The average Bonchev–Trinajstić information content (AvgIpc) is 3.08. The van der Waals surface area contributed by atoms with E-state index in [1.165, 1.54) is 0 Å². The van der Waals surface area contributed by atoms with Crippen LogP contribution in [0.5, 0.6) is 0 Å². The largest absolute Gasteiger partial charge is 0.399 e. The summed E-state index contributed by atoms with van der Waals surface area (Å²) in [4.78, 5) is 14.7. The molecule has 0 saturated carbocycles. The molecule has 6 heteroatoms. The second kappa shape index (κ2) is 6.31. The Hall–Kier alpha value is -3.12. The molecule has 0 spiro atoms. The smallest absolute Gasteiger partial charge is 0.246 e. The quantitative estimate of drug-likeness (QED) is 0.711. The molecule has 1 amide bonds. The number of nitrogens with two attached hydrogens (primary N) is 2. The van der Waals surface area contributed by atoms with Crippen LogP contribution in [0.4, 0.5) is 11.5 Å². The van der Waals surface area contributed by atoms with Gasteiger partial charge in [-0.15, -0.1) is 0 Å². The summed E-state index contributed by atoms with van der Waals surface area (Å²) >= 11 is 0. The lowest BCUT2D eigenvalue weighted by atomic mass is 9.83. The van der Waals surface area contributed by atoms with E-state index in [0.717, 1.165) is 22.6 Å². The molecule has 0 radical (unpaired) electrons. The number of hydrogen-bond donors (Lipinski definition) is 2. The summed E-state index contributed by atoms with van der Waals surface area (Å²) in [6, 6.07) is 16.7. The van der Waals surface area contributed by atoms with E-state index in [1.807, 2.05) is 72.4 Å². The maximum absolute atomic E-state index is 13.0. The zero-order chi connectivity index (χ0) is 18.3. The lowest BCUT2D eigenvalue weighted by Gasteiger charge is -2.36. The van der Waals surface area contributed by atoms with E-state index in [2.05, 4.69) is 5.10 Å². The zero-order valence-electron chi connectivity index (χ0n) is 14.5. The summed E-state index contributed by atoms with van der Waals surface area (Å²) < 4.78 is 1.81. The number of fused-ring (bicyclic) bond motifs is 1. The van der Waals surface area contributed by atoms with Crippen molar-refractivity contribution < 1.29 is 4.79 Å². The number of rotatable bonds is 3. The molecule has 0 unspecified atom stereocenters. The Balaban J connectivity index is 1.93. The maximum atomic E-state index is 13.0. The fourth-order valence-electron chi connectivity index (χ4n) is 3.67. The minimum Gasteiger partial charge on any atom is -0.399 e. The Bertz CT molecular complexity index is 950. The number of para-hydroxylation sites is 1. The maximum Gasteiger partial charge on any atom is 0.246 e. The molecular weight excluding hydrogens is 326 g/mol. The summed E-state index contributed by atoms with van der Waals surface area (Å²) in [7, 11) is 0. The number of likely N-dealkylation sites (N-methyl/N-ethyl adjacent to an activating group) is 1. The van der Waals surface area contributed by atoms with E-state index in [9.17, 15) is 4.79 Å². The molecule has 0 bridgehead atoms. The predicted molar refractivity (Wildman–Crippen MR) is 102 cm³/mol. The zero-order valence-corrected chi connectivity index (χ0v) is 14.5. The summed E-state index contributed by atoms with van der Waals surface area (Å²) in [6.07, 6.45) is 1.81. The Morgan fingerprint density at radius 2 is 1.88 bits per heavy atom. The Morgan fingerprint density at radius 1 is 1.12 bits per heavy atom. The number of benzene rings is 2. The third-order valence-electron chi connectivity index (χ3n) is 4.86. The Morgan fingerprint density at radius 3 is 2.58 bits per heavy atom. The van der Waals surface area contributed by atoms with Gasteiger partial charge in [-0.25, -0.2) is 4.68 Å². The fraction of sp³-hybridized carbons (Fsp3) is 0.200. The van der Waals surface area contributed by atoms with Crippen LogP contribution in [-0.2, 0) is 4.79 Å². The number of anilines is 2. The first-order valence-corrected chi connectivity index (χ1v) is 8.67. The number of nitrogens with zero attached hydrogens (tertiary/aromatic N) is 3. The van der Waals surface area contributed by atoms with Gasteiger partial charge in [-0.3, -0.25) is 9.69 Å². The van der Waals surface area contributed by atoms with Gasteiger partial charge in [-0.2, -0.15) is 5.10 Å². The van der Waals surface area contributed by atoms with Crippen LogP contribution in [0.3, 0.4) is 0 Å². The lowest BCUT2D eigenvalue weighted by Crippen LogP contribution is -2.51. The summed E-state index contributed by atoms with van der Waals surface area (Å²) in [5.41, 5.74) is 15.7. The van der Waals surface area contributed by atoms with Gasteiger partial charge in [0, 0.05) is 23.7 Å². The van der Waals surface area contributed by atoms with Crippen LogP contribution in [0.1, 0.15) is 24.0 Å². The second-order valence-electron chi connectivity index (χ2n) is 6.43. The minimum atomic E-state index is -0.669. The molecule has 1 aromatic heterocycles. The summed E-state index contributed by atoms with van der Waals surface area (Å²) in [5, 5.41) is 4.57. The van der Waals surface area contributed by atoms with Crippen molar-refractivity contribution in [3.63, 3.8) is 0 Å². The van der Waals surface area contributed by atoms with E-state index in [0.29, 0.717) is 12.2 Å². The molecule has 0 saturated heterocycles. The molecule has 0 fully saturated rings. The first-order chi connectivity index (χ1) is 12.6. The number of nitrogen functional groups attached to an aromatic ring is 1. The molecular formula is C20H21N5O. The van der Waals surface area contributed by atoms with Crippen molar-refractivity contribution in [2.45, 2.75) is 18.9 Å². The highest BCUT2D eigenvalue weighted by atomic mass is 16.2. The average molecular weight is 347 g/mol. The highest BCUT2D eigenvalue weighted by Crippen LogP contribution is 2.40. The number of carbonyl (C=O) groups is 1. The molecule has 1 aliphatic rings. The Labute approximate surface area is 152 Å². The second-order valence-corrected chi connectivity index (χ2v) is 6.43. The van der Waals surface area contributed by atoms with Gasteiger partial charge >= 0.3 is 0 Å². The minimum absolute atomic E-state index is 0.106. The van der Waals surface area contributed by atoms with Crippen LogP contribution >= 0.6 is 0 Å². The standard InChI is InChI=1S/C20H21N5O/c1-2-24-19-16(12-23-25(19)15-9-4-3-5-10-15)17(18(22)20(24)26)13-7-6-8-14(21)11-13/h3-12,17-18H,2,21-22H2,1H3/t17-,18+/m1/s1. The van der Waals surface area contributed by atoms with Gasteiger partial charge in [0.25, 0.3) is 0 Å². The van der Waals surface area contributed by atoms with Gasteiger partial charge in [0.05, 0.1) is 17.9 Å². The molecule has 2 heterocycles. The van der Waals surface area contributed by atoms with Crippen LogP contribution in [0.25, 0.3) is 5.69 Å². The molecule has 6 nitrogen and oxygen atoms in total. The predicted octanol–water partition coefficient (Wildman–Crippen LogP) is 2.28. The van der Waals surface area contributed by atoms with Crippen molar-refractivity contribution in [2.75, 3.05) is 17.2 Å². The van der Waals surface area contributed by atoms with E-state index in [4.69, 9.17) is 11.5 Å². The van der Waals surface area contributed by atoms with Crippen LogP contribution in [0.2, 0.25) is 0 Å². The number of amides is 1. The topological polar surface area (TPSA) is 90.2 Å². The first-order valence-electron chi connectivity index (χ1n) is 8.67. The number of hydrogen-bond acceptors (Lipinski definition) is 4. The third-order valence-corrected chi connectivity index (χ3v) is 4.86. The van der Waals surface area contributed by atoms with Gasteiger partial charge in [0.1, 0.15) is 5.82 Å². The van der Waals surface area contributed by atoms with Crippen molar-refractivity contribution in [3.05, 3.63) is 71.9 Å². The third kappa shape index (κ3) is 2.46. The first kappa shape index (κ1) is 16.4. The van der Waals surface area contributed by atoms with E-state index < -0.39 is 6.04 Å². The van der Waals surface area contributed by atoms with Crippen molar-refractivity contribution in [3.8, 4) is 5.69 Å².